The lowest BCUT2D eigenvalue weighted by molar-refractivity contribution is 0.0497. The summed E-state index contributed by atoms with van der Waals surface area (Å²) >= 11 is 0. The van der Waals surface area contributed by atoms with Gasteiger partial charge >= 0.3 is 5.97 Å². The number of carbonyl (C=O) groups excluding carboxylic acids is 1. The number of pyridine rings is 1. The topological polar surface area (TPSA) is 48.3 Å². The van der Waals surface area contributed by atoms with Gasteiger partial charge in [0.05, 0.1) is 12.2 Å². The molecule has 2 aromatic rings. The molecular weight excluding hydrogens is 338 g/mol. The number of rotatable bonds is 11. The van der Waals surface area contributed by atoms with Crippen molar-refractivity contribution < 1.29 is 9.53 Å². The third-order valence-corrected chi connectivity index (χ3v) is 4.76. The number of hydrogen-bond acceptors (Lipinski definition) is 3. The highest BCUT2D eigenvalue weighted by molar-refractivity contribution is 5.96. The van der Waals surface area contributed by atoms with E-state index in [-0.39, 0.29) is 11.5 Å². The molecule has 0 N–H and O–H groups in total. The standard InChI is InChI=1S/C23H31NO3/c1-3-4-5-6-7-8-9-13-16-27-23(26)21-18-24(2)22(25)17-20(21)19-14-11-10-12-15-19/h10-12,14-15,17-18H,3-9,13,16H2,1-2H3. The Kier molecular flexibility index (Phi) is 8.82. The Bertz CT molecular complexity index is 765. The summed E-state index contributed by atoms with van der Waals surface area (Å²) in [5.41, 5.74) is 1.75. The molecule has 27 heavy (non-hydrogen) atoms. The van der Waals surface area contributed by atoms with Gasteiger partial charge in [-0.3, -0.25) is 4.79 Å². The Morgan fingerprint density at radius 2 is 1.59 bits per heavy atom. The van der Waals surface area contributed by atoms with Gasteiger partial charge in [-0.25, -0.2) is 4.79 Å². The van der Waals surface area contributed by atoms with Gasteiger partial charge in [-0.2, -0.15) is 0 Å². The van der Waals surface area contributed by atoms with Gasteiger partial charge in [0.25, 0.3) is 5.56 Å². The third kappa shape index (κ3) is 6.70. The molecule has 0 fully saturated rings. The average Bonchev–Trinajstić information content (AvgIpc) is 2.69. The first-order chi connectivity index (χ1) is 13.1. The van der Waals surface area contributed by atoms with Gasteiger partial charge in [-0.1, -0.05) is 82.2 Å². The van der Waals surface area contributed by atoms with E-state index in [1.54, 1.807) is 13.2 Å². The molecular formula is C23H31NO3. The maximum atomic E-state index is 12.6. The molecule has 0 spiro atoms. The Morgan fingerprint density at radius 1 is 0.963 bits per heavy atom. The predicted octanol–water partition coefficient (Wildman–Crippen LogP) is 5.35. The fourth-order valence-electron chi connectivity index (χ4n) is 3.13. The fraction of sp³-hybridized carbons (Fsp3) is 0.478. The lowest BCUT2D eigenvalue weighted by Crippen LogP contribution is -2.19. The van der Waals surface area contributed by atoms with Gasteiger partial charge in [0.1, 0.15) is 0 Å². The van der Waals surface area contributed by atoms with Gasteiger partial charge < -0.3 is 9.30 Å². The van der Waals surface area contributed by atoms with E-state index >= 15 is 0 Å². The van der Waals surface area contributed by atoms with Crippen LogP contribution in [0.5, 0.6) is 0 Å². The quantitative estimate of drug-likeness (QED) is 0.396. The summed E-state index contributed by atoms with van der Waals surface area (Å²) in [5, 5.41) is 0. The molecule has 1 heterocycles. The molecule has 0 unspecified atom stereocenters. The number of ether oxygens (including phenoxy) is 1. The van der Waals surface area contributed by atoms with E-state index in [9.17, 15) is 9.59 Å². The van der Waals surface area contributed by atoms with Crippen molar-refractivity contribution in [2.75, 3.05) is 6.61 Å². The Labute approximate surface area is 162 Å². The van der Waals surface area contributed by atoms with E-state index in [1.165, 1.54) is 49.2 Å². The van der Waals surface area contributed by atoms with Crippen LogP contribution in [0.3, 0.4) is 0 Å². The first-order valence-electron chi connectivity index (χ1n) is 10.1. The molecule has 0 saturated carbocycles. The number of aromatic nitrogens is 1. The van der Waals surface area contributed by atoms with Crippen molar-refractivity contribution in [2.45, 2.75) is 58.3 Å². The van der Waals surface area contributed by atoms with Crippen LogP contribution in [0.4, 0.5) is 0 Å². The molecule has 0 radical (unpaired) electrons. The van der Waals surface area contributed by atoms with E-state index in [2.05, 4.69) is 6.92 Å². The fourth-order valence-corrected chi connectivity index (χ4v) is 3.13. The maximum absolute atomic E-state index is 12.6. The van der Waals surface area contributed by atoms with Crippen LogP contribution in [0.25, 0.3) is 11.1 Å². The largest absolute Gasteiger partial charge is 0.462 e. The van der Waals surface area contributed by atoms with E-state index in [0.717, 1.165) is 18.4 Å². The normalized spacial score (nSPS) is 10.7. The summed E-state index contributed by atoms with van der Waals surface area (Å²) < 4.78 is 6.89. The average molecular weight is 370 g/mol. The second-order valence-corrected chi connectivity index (χ2v) is 7.03. The minimum absolute atomic E-state index is 0.145. The smallest absolute Gasteiger partial charge is 0.340 e. The summed E-state index contributed by atoms with van der Waals surface area (Å²) in [6, 6.07) is 11.0. The van der Waals surface area contributed by atoms with Crippen LogP contribution in [-0.2, 0) is 11.8 Å². The molecule has 146 valence electrons. The van der Waals surface area contributed by atoms with Crippen LogP contribution >= 0.6 is 0 Å². The second-order valence-electron chi connectivity index (χ2n) is 7.03. The molecule has 0 aliphatic heterocycles. The van der Waals surface area contributed by atoms with Crippen molar-refractivity contribution in [3.63, 3.8) is 0 Å². The van der Waals surface area contributed by atoms with Gasteiger partial charge in [0, 0.05) is 24.9 Å². The number of hydrogen-bond donors (Lipinski definition) is 0. The highest BCUT2D eigenvalue weighted by atomic mass is 16.5. The monoisotopic (exact) mass is 369 g/mol. The summed E-state index contributed by atoms with van der Waals surface area (Å²) in [5.74, 6) is -0.368. The molecule has 0 aliphatic carbocycles. The first kappa shape index (κ1) is 20.9. The van der Waals surface area contributed by atoms with Crippen LogP contribution in [-0.4, -0.2) is 17.1 Å². The highest BCUT2D eigenvalue weighted by Crippen LogP contribution is 2.22. The molecule has 0 atom stereocenters. The summed E-state index contributed by atoms with van der Waals surface area (Å²) in [6.07, 6.45) is 11.2. The molecule has 1 aromatic heterocycles. The Morgan fingerprint density at radius 3 is 2.26 bits per heavy atom. The van der Waals surface area contributed by atoms with Crippen LogP contribution in [0.2, 0.25) is 0 Å². The van der Waals surface area contributed by atoms with E-state index < -0.39 is 0 Å². The second kappa shape index (κ2) is 11.4. The number of aryl methyl sites for hydroxylation is 1. The zero-order valence-electron chi connectivity index (χ0n) is 16.6. The molecule has 4 heteroatoms. The minimum atomic E-state index is -0.368. The van der Waals surface area contributed by atoms with E-state index in [1.807, 2.05) is 30.3 Å². The Balaban J connectivity index is 1.89. The number of esters is 1. The first-order valence-corrected chi connectivity index (χ1v) is 10.1. The number of unbranched alkanes of at least 4 members (excludes halogenated alkanes) is 7. The van der Waals surface area contributed by atoms with Crippen molar-refractivity contribution in [1.29, 1.82) is 0 Å². The molecule has 0 bridgehead atoms. The lowest BCUT2D eigenvalue weighted by Gasteiger charge is -2.11. The summed E-state index contributed by atoms with van der Waals surface area (Å²) in [7, 11) is 1.65. The molecule has 1 aromatic carbocycles. The highest BCUT2D eigenvalue weighted by Gasteiger charge is 2.16. The molecule has 0 amide bonds. The van der Waals surface area contributed by atoms with Gasteiger partial charge in [0.15, 0.2) is 0 Å². The molecule has 0 aliphatic rings. The number of nitrogens with zero attached hydrogens (tertiary/aromatic N) is 1. The van der Waals surface area contributed by atoms with Gasteiger partial charge in [-0.15, -0.1) is 0 Å². The van der Waals surface area contributed by atoms with Crippen molar-refractivity contribution in [3.05, 3.63) is 58.5 Å². The maximum Gasteiger partial charge on any atom is 0.340 e. The molecule has 4 nitrogen and oxygen atoms in total. The zero-order chi connectivity index (χ0) is 19.5. The summed E-state index contributed by atoms with van der Waals surface area (Å²) in [4.78, 5) is 24.6. The van der Waals surface area contributed by atoms with Gasteiger partial charge in [0.2, 0.25) is 0 Å². The lowest BCUT2D eigenvalue weighted by atomic mass is 10.0. The number of benzene rings is 1. The SMILES string of the molecule is CCCCCCCCCCOC(=O)c1cn(C)c(=O)cc1-c1ccccc1. The number of carbonyl (C=O) groups is 1. The van der Waals surface area contributed by atoms with E-state index in [4.69, 9.17) is 4.74 Å². The molecule has 2 rings (SSSR count). The molecule has 0 saturated heterocycles. The van der Waals surface area contributed by atoms with Crippen LogP contribution in [0.15, 0.2) is 47.4 Å². The van der Waals surface area contributed by atoms with Crippen LogP contribution in [0.1, 0.15) is 68.6 Å². The van der Waals surface area contributed by atoms with Crippen LogP contribution < -0.4 is 5.56 Å². The van der Waals surface area contributed by atoms with Gasteiger partial charge in [-0.05, 0) is 12.0 Å². The minimum Gasteiger partial charge on any atom is -0.462 e. The third-order valence-electron chi connectivity index (χ3n) is 4.76. The van der Waals surface area contributed by atoms with Crippen molar-refractivity contribution in [1.82, 2.24) is 4.57 Å². The van der Waals surface area contributed by atoms with Crippen LogP contribution in [0, 0.1) is 0 Å². The van der Waals surface area contributed by atoms with Crippen molar-refractivity contribution in [2.24, 2.45) is 7.05 Å². The Hall–Kier alpha value is -2.36. The van der Waals surface area contributed by atoms with Crippen molar-refractivity contribution in [3.8, 4) is 11.1 Å². The predicted molar refractivity (Wildman–Crippen MR) is 110 cm³/mol. The zero-order valence-corrected chi connectivity index (χ0v) is 16.6. The van der Waals surface area contributed by atoms with E-state index in [0.29, 0.717) is 17.7 Å². The van der Waals surface area contributed by atoms with Crippen molar-refractivity contribution >= 4 is 5.97 Å². The summed E-state index contributed by atoms with van der Waals surface area (Å²) in [6.45, 7) is 2.65.